The van der Waals surface area contributed by atoms with Crippen molar-refractivity contribution in [1.82, 2.24) is 0 Å². The van der Waals surface area contributed by atoms with Gasteiger partial charge < -0.3 is 5.11 Å². The van der Waals surface area contributed by atoms with Gasteiger partial charge in [0.15, 0.2) is 0 Å². The lowest BCUT2D eigenvalue weighted by atomic mass is 9.54. The lowest BCUT2D eigenvalue weighted by molar-refractivity contribution is -0.0854. The van der Waals surface area contributed by atoms with Gasteiger partial charge in [-0.25, -0.2) is 0 Å². The summed E-state index contributed by atoms with van der Waals surface area (Å²) in [5.74, 6) is 3.39. The Kier molecular flexibility index (Phi) is 1.07. The highest BCUT2D eigenvalue weighted by Crippen LogP contribution is 2.56. The fourth-order valence-corrected chi connectivity index (χ4v) is 3.76. The van der Waals surface area contributed by atoms with Crippen LogP contribution in [0.4, 0.5) is 0 Å². The maximum atomic E-state index is 10.1. The molecule has 0 amide bonds. The molecule has 2 unspecified atom stereocenters. The molecule has 4 saturated carbocycles. The van der Waals surface area contributed by atoms with Gasteiger partial charge in [0, 0.05) is 0 Å². The molecule has 0 aromatic carbocycles. The van der Waals surface area contributed by atoms with Crippen LogP contribution in [0.25, 0.3) is 0 Å². The first-order valence-electron chi connectivity index (χ1n) is 4.79. The van der Waals surface area contributed by atoms with Crippen LogP contribution in [0.2, 0.25) is 0 Å². The monoisotopic (exact) mass is 151 g/mol. The van der Waals surface area contributed by atoms with E-state index in [2.05, 4.69) is 0 Å². The van der Waals surface area contributed by atoms with Crippen molar-refractivity contribution in [3.63, 3.8) is 0 Å². The van der Waals surface area contributed by atoms with Crippen molar-refractivity contribution in [2.24, 2.45) is 11.8 Å². The Labute approximate surface area is 67.8 Å². The molecule has 4 aliphatic rings. The first-order valence-corrected chi connectivity index (χ1v) is 4.79. The molecule has 1 heteroatoms. The molecule has 4 rings (SSSR count). The summed E-state index contributed by atoms with van der Waals surface area (Å²) in [7, 11) is 0. The van der Waals surface area contributed by atoms with Gasteiger partial charge in [0.1, 0.15) is 0 Å². The summed E-state index contributed by atoms with van der Waals surface area (Å²) in [6.07, 6.45) is 7.35. The van der Waals surface area contributed by atoms with E-state index in [1.165, 1.54) is 19.3 Å². The predicted molar refractivity (Wildman–Crippen MR) is 42.9 cm³/mol. The number of rotatable bonds is 0. The summed E-state index contributed by atoms with van der Waals surface area (Å²) < 4.78 is 0. The van der Waals surface area contributed by atoms with Gasteiger partial charge in [-0.15, -0.1) is 0 Å². The minimum Gasteiger partial charge on any atom is -0.390 e. The van der Waals surface area contributed by atoms with Crippen LogP contribution >= 0.6 is 0 Å². The molecule has 4 bridgehead atoms. The molecule has 1 nitrogen and oxygen atoms in total. The fourth-order valence-electron chi connectivity index (χ4n) is 3.76. The number of hydrogen-bond acceptors (Lipinski definition) is 1. The van der Waals surface area contributed by atoms with Gasteiger partial charge >= 0.3 is 0 Å². The molecule has 4 aliphatic carbocycles. The zero-order chi connectivity index (χ0) is 7.47. The van der Waals surface area contributed by atoms with Gasteiger partial charge in [-0.1, -0.05) is 0 Å². The number of hydrogen-bond donors (Lipinski definition) is 1. The molecule has 0 aromatic rings. The second kappa shape index (κ2) is 1.82. The molecule has 11 heavy (non-hydrogen) atoms. The Bertz CT molecular complexity index is 150. The zero-order valence-electron chi connectivity index (χ0n) is 6.84. The first-order chi connectivity index (χ1) is 5.23. The largest absolute Gasteiger partial charge is 0.390 e. The second-order valence-corrected chi connectivity index (χ2v) is 4.94. The van der Waals surface area contributed by atoms with Gasteiger partial charge in [-0.05, 0) is 56.3 Å². The van der Waals surface area contributed by atoms with Crippen LogP contribution in [0.5, 0.6) is 0 Å². The van der Waals surface area contributed by atoms with Crippen molar-refractivity contribution >= 4 is 0 Å². The third kappa shape index (κ3) is 0.868. The van der Waals surface area contributed by atoms with E-state index >= 15 is 0 Å². The molecular weight excluding hydrogens is 136 g/mol. The van der Waals surface area contributed by atoms with Gasteiger partial charge in [0.25, 0.3) is 0 Å². The molecule has 0 aromatic heterocycles. The van der Waals surface area contributed by atoms with Crippen LogP contribution in [0.3, 0.4) is 0 Å². The molecule has 0 aliphatic heterocycles. The maximum absolute atomic E-state index is 10.1. The minimum absolute atomic E-state index is 0.237. The van der Waals surface area contributed by atoms with Crippen molar-refractivity contribution in [2.75, 3.05) is 0 Å². The highest BCUT2D eigenvalue weighted by atomic mass is 16.3. The molecule has 4 fully saturated rings. The quantitative estimate of drug-likeness (QED) is 0.560. The first kappa shape index (κ1) is 6.47. The van der Waals surface area contributed by atoms with E-state index in [0.717, 1.165) is 31.1 Å². The van der Waals surface area contributed by atoms with E-state index in [1.54, 1.807) is 5.92 Å². The fraction of sp³-hybridized carbons (Fsp3) is 0.900. The van der Waals surface area contributed by atoms with Crippen LogP contribution in [-0.4, -0.2) is 10.7 Å². The molecule has 0 spiro atoms. The molecular formula is C10H15O. The number of aliphatic hydroxyl groups is 1. The van der Waals surface area contributed by atoms with Crippen molar-refractivity contribution in [3.8, 4) is 0 Å². The highest BCUT2D eigenvalue weighted by Gasteiger charge is 2.50. The highest BCUT2D eigenvalue weighted by molar-refractivity contribution is 5.14. The van der Waals surface area contributed by atoms with Crippen LogP contribution in [0.1, 0.15) is 38.5 Å². The normalized spacial score (nSPS) is 55.4. The van der Waals surface area contributed by atoms with E-state index in [-0.39, 0.29) is 5.60 Å². The van der Waals surface area contributed by atoms with Crippen molar-refractivity contribution in [1.29, 1.82) is 0 Å². The molecule has 0 saturated heterocycles. The second-order valence-electron chi connectivity index (χ2n) is 4.94. The van der Waals surface area contributed by atoms with E-state index < -0.39 is 0 Å². The van der Waals surface area contributed by atoms with Crippen LogP contribution in [0, 0.1) is 17.8 Å². The summed E-state index contributed by atoms with van der Waals surface area (Å²) in [6.45, 7) is 0. The Morgan fingerprint density at radius 3 is 2.27 bits per heavy atom. The van der Waals surface area contributed by atoms with Gasteiger partial charge in [0.2, 0.25) is 0 Å². The van der Waals surface area contributed by atoms with Crippen LogP contribution in [-0.2, 0) is 0 Å². The van der Waals surface area contributed by atoms with Crippen LogP contribution < -0.4 is 0 Å². The molecule has 2 atom stereocenters. The summed E-state index contributed by atoms with van der Waals surface area (Å²) in [5, 5.41) is 10.1. The minimum atomic E-state index is -0.237. The zero-order valence-corrected chi connectivity index (χ0v) is 6.84. The standard InChI is InChI=1S/C10H15O/c11-10-4-7-1-8(5-10)3-9(2-7)6-10/h7-8,11H,1-6H2. The Balaban J connectivity index is 1.94. The van der Waals surface area contributed by atoms with Gasteiger partial charge in [-0.3, -0.25) is 0 Å². The summed E-state index contributed by atoms with van der Waals surface area (Å²) in [4.78, 5) is 0. The maximum Gasteiger partial charge on any atom is 0.0658 e. The van der Waals surface area contributed by atoms with Crippen molar-refractivity contribution < 1.29 is 5.11 Å². The van der Waals surface area contributed by atoms with Gasteiger partial charge in [-0.2, -0.15) is 0 Å². The summed E-state index contributed by atoms with van der Waals surface area (Å²) in [5.41, 5.74) is -0.237. The Morgan fingerprint density at radius 1 is 1.18 bits per heavy atom. The summed E-state index contributed by atoms with van der Waals surface area (Å²) >= 11 is 0. The Hall–Kier alpha value is -0.0400. The smallest absolute Gasteiger partial charge is 0.0658 e. The van der Waals surface area contributed by atoms with E-state index in [4.69, 9.17) is 0 Å². The Morgan fingerprint density at radius 2 is 1.82 bits per heavy atom. The molecule has 1 radical (unpaired) electrons. The molecule has 0 heterocycles. The topological polar surface area (TPSA) is 20.2 Å². The predicted octanol–water partition coefficient (Wildman–Crippen LogP) is 1.91. The van der Waals surface area contributed by atoms with E-state index in [9.17, 15) is 5.11 Å². The van der Waals surface area contributed by atoms with E-state index in [1.807, 2.05) is 0 Å². The SMILES string of the molecule is OC12C[C]3CC(CC(C3)C1)C2. The van der Waals surface area contributed by atoms with Crippen molar-refractivity contribution in [3.05, 3.63) is 5.92 Å². The van der Waals surface area contributed by atoms with Crippen molar-refractivity contribution in [2.45, 2.75) is 44.1 Å². The van der Waals surface area contributed by atoms with Gasteiger partial charge in [0.05, 0.1) is 5.60 Å². The lowest BCUT2D eigenvalue weighted by Gasteiger charge is -2.53. The third-order valence-electron chi connectivity index (χ3n) is 3.74. The molecule has 1 N–H and O–H groups in total. The lowest BCUT2D eigenvalue weighted by Crippen LogP contribution is -2.49. The summed E-state index contributed by atoms with van der Waals surface area (Å²) in [6, 6.07) is 0. The van der Waals surface area contributed by atoms with E-state index in [0.29, 0.717) is 0 Å². The average molecular weight is 151 g/mol. The third-order valence-corrected chi connectivity index (χ3v) is 3.74. The van der Waals surface area contributed by atoms with Crippen LogP contribution in [0.15, 0.2) is 0 Å². The average Bonchev–Trinajstić information content (AvgIpc) is 1.79. The molecule has 61 valence electrons.